The molecule has 27 heavy (non-hydrogen) atoms. The van der Waals surface area contributed by atoms with Gasteiger partial charge in [0.05, 0.1) is 22.6 Å². The second-order valence-corrected chi connectivity index (χ2v) is 6.95. The third-order valence-electron chi connectivity index (χ3n) is 3.83. The fourth-order valence-corrected chi connectivity index (χ4v) is 3.17. The van der Waals surface area contributed by atoms with Gasteiger partial charge in [0, 0.05) is 11.6 Å². The van der Waals surface area contributed by atoms with Gasteiger partial charge in [-0.15, -0.1) is 0 Å². The summed E-state index contributed by atoms with van der Waals surface area (Å²) in [6.07, 6.45) is -3.00. The largest absolute Gasteiger partial charge is 0.417 e. The number of benzene rings is 1. The van der Waals surface area contributed by atoms with Gasteiger partial charge in [0.25, 0.3) is 0 Å². The first-order chi connectivity index (χ1) is 12.8. The molecule has 140 valence electrons. The maximum Gasteiger partial charge on any atom is 0.417 e. The molecule has 1 fully saturated rings. The third kappa shape index (κ3) is 4.77. The van der Waals surface area contributed by atoms with Crippen LogP contribution in [0.4, 0.5) is 17.6 Å². The highest BCUT2D eigenvalue weighted by atomic mass is 32.2. The van der Waals surface area contributed by atoms with Crippen molar-refractivity contribution < 1.29 is 22.4 Å². The van der Waals surface area contributed by atoms with Crippen molar-refractivity contribution in [2.45, 2.75) is 30.1 Å². The van der Waals surface area contributed by atoms with E-state index in [0.717, 1.165) is 42.8 Å². The molecule has 0 aliphatic heterocycles. The average molecular weight is 395 g/mol. The molecule has 0 radical (unpaired) electrons. The van der Waals surface area contributed by atoms with E-state index in [4.69, 9.17) is 0 Å². The Hall–Kier alpha value is -2.60. The Balaban J connectivity index is 1.98. The Morgan fingerprint density at radius 3 is 2.52 bits per heavy atom. The molecule has 1 heterocycles. The van der Waals surface area contributed by atoms with Crippen LogP contribution in [-0.4, -0.2) is 22.7 Å². The number of rotatable bonds is 5. The molecular weight excluding hydrogens is 382 g/mol. The molecule has 1 saturated carbocycles. The molecule has 2 aromatic rings. The summed E-state index contributed by atoms with van der Waals surface area (Å²) in [4.78, 5) is 16.0. The number of hydrogen-bond acceptors (Lipinski definition) is 4. The number of nitriles is 1. The second kappa shape index (κ2) is 7.56. The van der Waals surface area contributed by atoms with E-state index in [2.05, 4.69) is 10.3 Å². The number of pyridine rings is 1. The van der Waals surface area contributed by atoms with Gasteiger partial charge >= 0.3 is 6.18 Å². The van der Waals surface area contributed by atoms with Gasteiger partial charge in [-0.05, 0) is 43.2 Å². The predicted molar refractivity (Wildman–Crippen MR) is 91.2 cm³/mol. The van der Waals surface area contributed by atoms with Gasteiger partial charge in [-0.3, -0.25) is 4.79 Å². The zero-order chi connectivity index (χ0) is 19.6. The van der Waals surface area contributed by atoms with Gasteiger partial charge in [-0.2, -0.15) is 18.4 Å². The van der Waals surface area contributed by atoms with Crippen LogP contribution in [0.2, 0.25) is 0 Å². The molecule has 3 rings (SSSR count). The van der Waals surface area contributed by atoms with Gasteiger partial charge in [-0.25, -0.2) is 9.37 Å². The van der Waals surface area contributed by atoms with Gasteiger partial charge in [-0.1, -0.05) is 11.8 Å². The van der Waals surface area contributed by atoms with Crippen LogP contribution in [0.1, 0.15) is 24.0 Å². The zero-order valence-corrected chi connectivity index (χ0v) is 14.6. The van der Waals surface area contributed by atoms with E-state index in [9.17, 15) is 27.6 Å². The normalized spacial score (nSPS) is 13.9. The smallest absolute Gasteiger partial charge is 0.353 e. The number of thioether (sulfide) groups is 1. The van der Waals surface area contributed by atoms with Crippen LogP contribution < -0.4 is 5.32 Å². The Kier molecular flexibility index (Phi) is 5.37. The Morgan fingerprint density at radius 2 is 1.96 bits per heavy atom. The van der Waals surface area contributed by atoms with Gasteiger partial charge in [0.2, 0.25) is 5.91 Å². The summed E-state index contributed by atoms with van der Waals surface area (Å²) in [6, 6.07) is 7.25. The number of nitrogens with zero attached hydrogens (tertiary/aromatic N) is 2. The Bertz CT molecular complexity index is 903. The molecule has 1 aromatic heterocycles. The highest BCUT2D eigenvalue weighted by Crippen LogP contribution is 2.38. The van der Waals surface area contributed by atoms with Crippen LogP contribution in [0, 0.1) is 17.1 Å². The molecule has 1 N–H and O–H groups in total. The third-order valence-corrected chi connectivity index (χ3v) is 4.80. The second-order valence-electron chi connectivity index (χ2n) is 5.98. The highest BCUT2D eigenvalue weighted by Gasteiger charge is 2.36. The molecular formula is C18H13F4N3OS. The molecule has 1 amide bonds. The summed E-state index contributed by atoms with van der Waals surface area (Å²) in [5, 5.41) is 11.8. The maximum atomic E-state index is 13.4. The Labute approximate surface area is 156 Å². The number of alkyl halides is 3. The van der Waals surface area contributed by atoms with E-state index in [0.29, 0.717) is 0 Å². The fourth-order valence-electron chi connectivity index (χ4n) is 2.36. The summed E-state index contributed by atoms with van der Waals surface area (Å²) >= 11 is 0.772. The number of aromatic nitrogens is 1. The SMILES string of the molecule is N#Cc1c(C(F)(F)F)cc(-c2ccc(F)cc2)nc1SCC(=O)NC1CC1. The van der Waals surface area contributed by atoms with Crippen LogP contribution >= 0.6 is 11.8 Å². The van der Waals surface area contributed by atoms with Gasteiger partial charge in [0.1, 0.15) is 16.9 Å². The van der Waals surface area contributed by atoms with E-state index in [1.807, 2.05) is 0 Å². The number of hydrogen-bond donors (Lipinski definition) is 1. The first-order valence-electron chi connectivity index (χ1n) is 7.98. The number of carbonyl (C=O) groups is 1. The van der Waals surface area contributed by atoms with Gasteiger partial charge < -0.3 is 5.32 Å². The summed E-state index contributed by atoms with van der Waals surface area (Å²) in [5.41, 5.74) is -1.54. The lowest BCUT2D eigenvalue weighted by Crippen LogP contribution is -2.27. The van der Waals surface area contributed by atoms with Crippen molar-refractivity contribution in [2.24, 2.45) is 0 Å². The first-order valence-corrected chi connectivity index (χ1v) is 8.97. The van der Waals surface area contributed by atoms with Crippen molar-refractivity contribution in [1.29, 1.82) is 5.26 Å². The lowest BCUT2D eigenvalue weighted by atomic mass is 10.1. The van der Waals surface area contributed by atoms with Crippen molar-refractivity contribution in [1.82, 2.24) is 10.3 Å². The van der Waals surface area contributed by atoms with E-state index >= 15 is 0 Å². The number of amides is 1. The molecule has 0 bridgehead atoms. The minimum atomic E-state index is -4.77. The zero-order valence-electron chi connectivity index (χ0n) is 13.8. The number of carbonyl (C=O) groups excluding carboxylic acids is 1. The molecule has 0 atom stereocenters. The van der Waals surface area contributed by atoms with Crippen molar-refractivity contribution in [3.05, 3.63) is 47.3 Å². The van der Waals surface area contributed by atoms with Crippen molar-refractivity contribution in [3.63, 3.8) is 0 Å². The summed E-state index contributed by atoms with van der Waals surface area (Å²) < 4.78 is 53.4. The first kappa shape index (κ1) is 19.2. The maximum absolute atomic E-state index is 13.4. The standard InChI is InChI=1S/C18H13F4N3OS/c19-11-3-1-10(2-4-11)15-7-14(18(20,21)22)13(8-23)17(25-15)27-9-16(26)24-12-5-6-12/h1-4,7,12H,5-6,9H2,(H,24,26). The molecule has 1 aliphatic carbocycles. The lowest BCUT2D eigenvalue weighted by Gasteiger charge is -2.14. The van der Waals surface area contributed by atoms with Crippen LogP contribution in [0.25, 0.3) is 11.3 Å². The van der Waals surface area contributed by atoms with E-state index in [1.54, 1.807) is 6.07 Å². The van der Waals surface area contributed by atoms with Crippen molar-refractivity contribution in [3.8, 4) is 17.3 Å². The summed E-state index contributed by atoms with van der Waals surface area (Å²) in [6.45, 7) is 0. The van der Waals surface area contributed by atoms with Crippen LogP contribution in [-0.2, 0) is 11.0 Å². The monoisotopic (exact) mass is 395 g/mol. The molecule has 1 aromatic carbocycles. The minimum Gasteiger partial charge on any atom is -0.353 e. The van der Waals surface area contributed by atoms with E-state index in [-0.39, 0.29) is 34.0 Å². The molecule has 9 heteroatoms. The number of nitrogens with one attached hydrogen (secondary N) is 1. The van der Waals surface area contributed by atoms with Crippen molar-refractivity contribution >= 4 is 17.7 Å². The quantitative estimate of drug-likeness (QED) is 0.610. The summed E-state index contributed by atoms with van der Waals surface area (Å²) in [5.74, 6) is -1.01. The van der Waals surface area contributed by atoms with Crippen LogP contribution in [0.15, 0.2) is 35.4 Å². The van der Waals surface area contributed by atoms with E-state index < -0.39 is 23.1 Å². The fraction of sp³-hybridized carbons (Fsp3) is 0.278. The predicted octanol–water partition coefficient (Wildman–Crippen LogP) is 4.15. The Morgan fingerprint density at radius 1 is 1.30 bits per heavy atom. The molecule has 1 aliphatic rings. The lowest BCUT2D eigenvalue weighted by molar-refractivity contribution is -0.138. The minimum absolute atomic E-state index is 0.0496. The molecule has 4 nitrogen and oxygen atoms in total. The summed E-state index contributed by atoms with van der Waals surface area (Å²) in [7, 11) is 0. The van der Waals surface area contributed by atoms with Crippen LogP contribution in [0.5, 0.6) is 0 Å². The molecule has 0 spiro atoms. The van der Waals surface area contributed by atoms with Crippen LogP contribution in [0.3, 0.4) is 0 Å². The molecule has 0 unspecified atom stereocenters. The van der Waals surface area contributed by atoms with Gasteiger partial charge in [0.15, 0.2) is 0 Å². The number of halogens is 4. The average Bonchev–Trinajstić information content (AvgIpc) is 3.43. The molecule has 0 saturated heterocycles. The topological polar surface area (TPSA) is 65.8 Å². The highest BCUT2D eigenvalue weighted by molar-refractivity contribution is 8.00. The van der Waals surface area contributed by atoms with Crippen molar-refractivity contribution in [2.75, 3.05) is 5.75 Å². The van der Waals surface area contributed by atoms with E-state index in [1.165, 1.54) is 12.1 Å².